The van der Waals surface area contributed by atoms with Crippen molar-refractivity contribution in [3.05, 3.63) is 285 Å². The summed E-state index contributed by atoms with van der Waals surface area (Å²) in [6.07, 6.45) is 0. The molecule has 12 rings (SSSR count). The molecule has 0 atom stereocenters. The highest BCUT2D eigenvalue weighted by Gasteiger charge is 1.98. The van der Waals surface area contributed by atoms with Crippen molar-refractivity contribution in [2.75, 3.05) is 0 Å². The van der Waals surface area contributed by atoms with E-state index in [0.29, 0.717) is 0 Å². The van der Waals surface area contributed by atoms with Gasteiger partial charge in [-0.3, -0.25) is 0 Å². The predicted molar refractivity (Wildman–Crippen MR) is 503 cm³/mol. The van der Waals surface area contributed by atoms with Gasteiger partial charge in [0.25, 0.3) is 0 Å². The number of benzene rings is 6. The van der Waals surface area contributed by atoms with Gasteiger partial charge in [0.2, 0.25) is 0 Å². The van der Waals surface area contributed by atoms with Crippen molar-refractivity contribution in [3.63, 3.8) is 0 Å². The maximum Gasteiger partial charge on any atom is 0.0342 e. The van der Waals surface area contributed by atoms with Crippen molar-refractivity contribution in [2.45, 2.75) is 249 Å². The van der Waals surface area contributed by atoms with E-state index >= 15 is 0 Å². The van der Waals surface area contributed by atoms with Crippen molar-refractivity contribution in [2.24, 2.45) is 0 Å². The Bertz CT molecular complexity index is 2390. The molecule has 0 amide bonds. The topological polar surface area (TPSA) is 0 Å². The minimum Gasteiger partial charge on any atom is -0.152 e. The molecule has 576 valence electrons. The molecule has 0 spiro atoms. The lowest BCUT2D eigenvalue weighted by atomic mass is 10.1. The van der Waals surface area contributed by atoms with Gasteiger partial charge in [0.15, 0.2) is 0 Å². The number of hydrogen-bond acceptors (Lipinski definition) is 6. The first-order valence-corrected chi connectivity index (χ1v) is 44.8. The SMILES string of the molecule is CC.CC.CC.CC.CC.CC.CC.CC.CC.CC.CC.CC.CC.CC.CC.CC.CC.CC.c1ccc(-c2cccs2)cc1.c1ccc(-c2cccs2)cc1.c1ccc(-c2cccs2)cc1.c1ccc(-c2ccsc2)cc1.c1ccc(-c2ccsc2)cc1.c1ccc(-c2ccsc2)cc1. The van der Waals surface area contributed by atoms with Gasteiger partial charge in [-0.05, 0) is 135 Å². The summed E-state index contributed by atoms with van der Waals surface area (Å²) in [5, 5.41) is 19.1. The molecule has 0 aliphatic carbocycles. The average Bonchev–Trinajstić information content (AvgIpc) is 1.89. The Balaban J connectivity index is -0.0000000874. The summed E-state index contributed by atoms with van der Waals surface area (Å²) >= 11 is 10.5. The van der Waals surface area contributed by atoms with Crippen molar-refractivity contribution < 1.29 is 0 Å². The lowest BCUT2D eigenvalue weighted by Gasteiger charge is -1.93. The van der Waals surface area contributed by atoms with Crippen LogP contribution in [0.2, 0.25) is 0 Å². The molecule has 0 saturated carbocycles. The molecule has 12 aromatic rings. The van der Waals surface area contributed by atoms with Crippen molar-refractivity contribution in [1.29, 1.82) is 0 Å². The monoisotopic (exact) mass is 1500 g/mol. The summed E-state index contributed by atoms with van der Waals surface area (Å²) in [6, 6.07) is 81.6. The highest BCUT2D eigenvalue weighted by molar-refractivity contribution is 7.14. The van der Waals surface area contributed by atoms with Crippen LogP contribution >= 0.6 is 68.0 Å². The second kappa shape index (κ2) is 119. The lowest BCUT2D eigenvalue weighted by molar-refractivity contribution is 1.50. The van der Waals surface area contributed by atoms with Crippen molar-refractivity contribution in [3.8, 4) is 64.7 Å². The van der Waals surface area contributed by atoms with Crippen LogP contribution in [0.4, 0.5) is 0 Å². The van der Waals surface area contributed by atoms with E-state index in [0.717, 1.165) is 0 Å². The smallest absolute Gasteiger partial charge is 0.0342 e. The molecule has 0 nitrogen and oxygen atoms in total. The molecule has 0 radical (unpaired) electrons. The molecule has 0 aliphatic heterocycles. The van der Waals surface area contributed by atoms with Gasteiger partial charge in [-0.1, -0.05) is 449 Å². The van der Waals surface area contributed by atoms with E-state index in [2.05, 4.69) is 249 Å². The summed E-state index contributed by atoms with van der Waals surface area (Å²) < 4.78 is 0. The average molecular weight is 1500 g/mol. The molecule has 6 aromatic carbocycles. The molecule has 0 saturated heterocycles. The molecule has 0 unspecified atom stereocenters. The lowest BCUT2D eigenvalue weighted by Crippen LogP contribution is -1.68. The molecule has 0 fully saturated rings. The van der Waals surface area contributed by atoms with Crippen molar-refractivity contribution >= 4 is 68.0 Å². The van der Waals surface area contributed by atoms with Crippen LogP contribution in [0, 0.1) is 0 Å². The third-order valence-electron chi connectivity index (χ3n) is 9.62. The molecule has 0 N–H and O–H groups in total. The number of hydrogen-bond donors (Lipinski definition) is 0. The molecule has 0 bridgehead atoms. The van der Waals surface area contributed by atoms with Gasteiger partial charge in [-0.25, -0.2) is 0 Å². The predicted octanol–water partition coefficient (Wildman–Crippen LogP) is 39.0. The molecule has 102 heavy (non-hydrogen) atoms. The Kier molecular flexibility index (Phi) is 142. The van der Waals surface area contributed by atoms with Crippen LogP contribution in [0.25, 0.3) is 64.7 Å². The summed E-state index contributed by atoms with van der Waals surface area (Å²) in [6.45, 7) is 72.0. The number of thiophene rings is 6. The van der Waals surface area contributed by atoms with E-state index in [1.807, 2.05) is 286 Å². The van der Waals surface area contributed by atoms with Crippen LogP contribution < -0.4 is 0 Å². The summed E-state index contributed by atoms with van der Waals surface area (Å²) in [7, 11) is 0. The van der Waals surface area contributed by atoms with Crippen LogP contribution in [0.5, 0.6) is 0 Å². The molecular weight excluding hydrogens is 1350 g/mol. The van der Waals surface area contributed by atoms with Crippen LogP contribution in [0.15, 0.2) is 285 Å². The summed E-state index contributed by atoms with van der Waals surface area (Å²) in [5.41, 5.74) is 11.8. The van der Waals surface area contributed by atoms with E-state index in [9.17, 15) is 0 Å². The second-order valence-corrected chi connectivity index (χ2v) is 19.3. The van der Waals surface area contributed by atoms with Crippen LogP contribution in [-0.4, -0.2) is 0 Å². The highest BCUT2D eigenvalue weighted by Crippen LogP contribution is 2.27. The fraction of sp³-hybridized carbons (Fsp3) is 0.375. The van der Waals surface area contributed by atoms with E-state index in [1.165, 1.54) is 64.7 Å². The third kappa shape index (κ3) is 69.2. The molecule has 6 heterocycles. The minimum atomic E-state index is 1.30. The first-order valence-electron chi connectivity index (χ1n) is 39.3. The Labute approximate surface area is 661 Å². The van der Waals surface area contributed by atoms with Crippen LogP contribution in [-0.2, 0) is 0 Å². The quantitative estimate of drug-likeness (QED) is 0.156. The number of rotatable bonds is 6. The van der Waals surface area contributed by atoms with E-state index < -0.39 is 0 Å². The van der Waals surface area contributed by atoms with E-state index in [1.54, 1.807) is 68.0 Å². The fourth-order valence-electron chi connectivity index (χ4n) is 6.31. The van der Waals surface area contributed by atoms with Crippen LogP contribution in [0.3, 0.4) is 0 Å². The van der Waals surface area contributed by atoms with E-state index in [4.69, 9.17) is 0 Å². The maximum atomic E-state index is 2.16. The van der Waals surface area contributed by atoms with E-state index in [-0.39, 0.29) is 0 Å². The normalized spacial score (nSPS) is 7.41. The van der Waals surface area contributed by atoms with Gasteiger partial charge >= 0.3 is 0 Å². The van der Waals surface area contributed by atoms with Crippen molar-refractivity contribution in [1.82, 2.24) is 0 Å². The standard InChI is InChI=1S/6C10H8S.18C2H6/c3*1-2-5-9(6-3-1)10-7-4-8-11-10;3*1-2-4-9(5-3-1)10-6-7-11-8-10;18*1-2/h6*1-8H;18*1-2H3. The Morgan fingerprint density at radius 3 is 0.392 bits per heavy atom. The Morgan fingerprint density at radius 1 is 0.127 bits per heavy atom. The van der Waals surface area contributed by atoms with Crippen LogP contribution in [0.1, 0.15) is 249 Å². The third-order valence-corrected chi connectivity index (χ3v) is 14.4. The highest BCUT2D eigenvalue weighted by atomic mass is 32.1. The zero-order valence-electron chi connectivity index (χ0n) is 72.2. The first kappa shape index (κ1) is 122. The minimum absolute atomic E-state index is 1.30. The molecular formula is C96H156S6. The zero-order chi connectivity index (χ0) is 81.1. The molecule has 6 heteroatoms. The summed E-state index contributed by atoms with van der Waals surface area (Å²) in [4.78, 5) is 4.02. The second-order valence-electron chi connectivity index (χ2n) is 14.2. The maximum absolute atomic E-state index is 2.16. The summed E-state index contributed by atoms with van der Waals surface area (Å²) in [5.74, 6) is 0. The first-order chi connectivity index (χ1) is 50.8. The van der Waals surface area contributed by atoms with Gasteiger partial charge in [-0.15, -0.1) is 34.0 Å². The zero-order valence-corrected chi connectivity index (χ0v) is 77.1. The Hall–Kier alpha value is -6.48. The Morgan fingerprint density at radius 2 is 0.275 bits per heavy atom. The molecule has 0 aliphatic rings. The van der Waals surface area contributed by atoms with Gasteiger partial charge in [0.1, 0.15) is 0 Å². The van der Waals surface area contributed by atoms with Gasteiger partial charge in [-0.2, -0.15) is 34.0 Å². The van der Waals surface area contributed by atoms with Gasteiger partial charge < -0.3 is 0 Å². The largest absolute Gasteiger partial charge is 0.152 e. The molecule has 6 aromatic heterocycles. The van der Waals surface area contributed by atoms with Gasteiger partial charge in [0, 0.05) is 14.6 Å². The fourth-order valence-corrected chi connectivity index (χ4v) is 10.5. The van der Waals surface area contributed by atoms with Gasteiger partial charge in [0.05, 0.1) is 0 Å².